The fourth-order valence-corrected chi connectivity index (χ4v) is 2.19. The van der Waals surface area contributed by atoms with Crippen LogP contribution in [0.4, 0.5) is 0 Å². The first-order chi connectivity index (χ1) is 10.1. The van der Waals surface area contributed by atoms with E-state index in [9.17, 15) is 0 Å². The summed E-state index contributed by atoms with van der Waals surface area (Å²) in [5, 5.41) is 4.04. The smallest absolute Gasteiger partial charge is 0.219 e. The molecule has 3 nitrogen and oxygen atoms in total. The molecule has 0 saturated heterocycles. The maximum Gasteiger partial charge on any atom is 0.219 e. The van der Waals surface area contributed by atoms with Crippen molar-refractivity contribution < 1.29 is 4.74 Å². The fraction of sp³-hybridized carbons (Fsp3) is 0.353. The molecule has 1 N–H and O–H groups in total. The molecule has 4 heteroatoms. The van der Waals surface area contributed by atoms with Crippen LogP contribution in [0.5, 0.6) is 11.6 Å². The van der Waals surface area contributed by atoms with Gasteiger partial charge in [0.05, 0.1) is 5.02 Å². The fourth-order valence-electron chi connectivity index (χ4n) is 2.03. The number of nitrogens with one attached hydrogen (secondary N) is 1. The first-order valence-corrected chi connectivity index (χ1v) is 7.61. The predicted octanol–water partition coefficient (Wildman–Crippen LogP) is 4.90. The number of pyridine rings is 1. The summed E-state index contributed by atoms with van der Waals surface area (Å²) in [7, 11) is 0. The standard InChI is InChI=1S/C17H21ClN2O/c1-4-8-19-13(3)14-7-9-20-17(11-14)21-16-10-12(2)5-6-15(16)18/h5-7,9-11,13,19H,4,8H2,1-3H3. The van der Waals surface area contributed by atoms with Crippen molar-refractivity contribution in [2.24, 2.45) is 0 Å². The van der Waals surface area contributed by atoms with Gasteiger partial charge < -0.3 is 10.1 Å². The van der Waals surface area contributed by atoms with E-state index in [1.165, 1.54) is 0 Å². The molecule has 0 amide bonds. The summed E-state index contributed by atoms with van der Waals surface area (Å²) in [6, 6.07) is 9.92. The Morgan fingerprint density at radius 3 is 2.86 bits per heavy atom. The molecule has 0 aliphatic heterocycles. The van der Waals surface area contributed by atoms with Crippen LogP contribution >= 0.6 is 11.6 Å². The minimum absolute atomic E-state index is 0.267. The van der Waals surface area contributed by atoms with E-state index in [0.717, 1.165) is 24.1 Å². The average Bonchev–Trinajstić information content (AvgIpc) is 2.49. The van der Waals surface area contributed by atoms with Gasteiger partial charge in [-0.15, -0.1) is 0 Å². The zero-order chi connectivity index (χ0) is 15.2. The third-order valence-corrected chi connectivity index (χ3v) is 3.57. The summed E-state index contributed by atoms with van der Waals surface area (Å²) in [6.45, 7) is 7.28. The summed E-state index contributed by atoms with van der Waals surface area (Å²) >= 11 is 6.15. The largest absolute Gasteiger partial charge is 0.437 e. The maximum absolute atomic E-state index is 6.15. The number of hydrogen-bond acceptors (Lipinski definition) is 3. The van der Waals surface area contributed by atoms with Crippen LogP contribution in [0.3, 0.4) is 0 Å². The number of rotatable bonds is 6. The van der Waals surface area contributed by atoms with Gasteiger partial charge in [0.1, 0.15) is 5.75 Å². The molecule has 0 spiro atoms. The molecule has 112 valence electrons. The van der Waals surface area contributed by atoms with Crippen molar-refractivity contribution in [1.29, 1.82) is 0 Å². The Morgan fingerprint density at radius 2 is 2.10 bits per heavy atom. The quantitative estimate of drug-likeness (QED) is 0.824. The highest BCUT2D eigenvalue weighted by molar-refractivity contribution is 6.32. The van der Waals surface area contributed by atoms with Crippen molar-refractivity contribution in [3.63, 3.8) is 0 Å². The molecule has 1 unspecified atom stereocenters. The van der Waals surface area contributed by atoms with Crippen LogP contribution in [0.15, 0.2) is 36.5 Å². The number of halogens is 1. The van der Waals surface area contributed by atoms with Gasteiger partial charge in [-0.1, -0.05) is 24.6 Å². The monoisotopic (exact) mass is 304 g/mol. The van der Waals surface area contributed by atoms with E-state index < -0.39 is 0 Å². The summed E-state index contributed by atoms with van der Waals surface area (Å²) in [6.07, 6.45) is 2.87. The summed E-state index contributed by atoms with van der Waals surface area (Å²) in [5.74, 6) is 1.20. The summed E-state index contributed by atoms with van der Waals surface area (Å²) < 4.78 is 5.81. The van der Waals surface area contributed by atoms with Crippen LogP contribution in [0, 0.1) is 6.92 Å². The molecule has 1 atom stereocenters. The van der Waals surface area contributed by atoms with Gasteiger partial charge in [-0.05, 0) is 56.1 Å². The molecule has 2 rings (SSSR count). The van der Waals surface area contributed by atoms with Gasteiger partial charge in [-0.3, -0.25) is 0 Å². The van der Waals surface area contributed by atoms with Crippen molar-refractivity contribution in [3.05, 3.63) is 52.7 Å². The van der Waals surface area contributed by atoms with E-state index in [-0.39, 0.29) is 6.04 Å². The van der Waals surface area contributed by atoms with Crippen LogP contribution in [0.1, 0.15) is 37.4 Å². The summed E-state index contributed by atoms with van der Waals surface area (Å²) in [4.78, 5) is 4.26. The van der Waals surface area contributed by atoms with Gasteiger partial charge >= 0.3 is 0 Å². The molecule has 0 aliphatic rings. The molecule has 0 bridgehead atoms. The zero-order valence-electron chi connectivity index (χ0n) is 12.7. The number of aromatic nitrogens is 1. The minimum Gasteiger partial charge on any atom is -0.437 e. The highest BCUT2D eigenvalue weighted by atomic mass is 35.5. The van der Waals surface area contributed by atoms with E-state index in [1.807, 2.05) is 37.3 Å². The van der Waals surface area contributed by atoms with E-state index in [0.29, 0.717) is 16.7 Å². The second kappa shape index (κ2) is 7.43. The van der Waals surface area contributed by atoms with E-state index in [4.69, 9.17) is 16.3 Å². The van der Waals surface area contributed by atoms with Crippen LogP contribution in [-0.2, 0) is 0 Å². The Balaban J connectivity index is 2.15. The molecule has 1 aromatic heterocycles. The Hall–Kier alpha value is -1.58. The third-order valence-electron chi connectivity index (χ3n) is 3.26. The molecule has 0 saturated carbocycles. The Morgan fingerprint density at radius 1 is 1.29 bits per heavy atom. The second-order valence-electron chi connectivity index (χ2n) is 5.14. The second-order valence-corrected chi connectivity index (χ2v) is 5.55. The number of aryl methyl sites for hydroxylation is 1. The lowest BCUT2D eigenvalue weighted by Gasteiger charge is -2.14. The van der Waals surface area contributed by atoms with Crippen LogP contribution in [0.2, 0.25) is 5.02 Å². The Kier molecular flexibility index (Phi) is 5.59. The number of benzene rings is 1. The van der Waals surface area contributed by atoms with E-state index >= 15 is 0 Å². The molecule has 1 heterocycles. The molecule has 0 radical (unpaired) electrons. The zero-order valence-corrected chi connectivity index (χ0v) is 13.4. The lowest BCUT2D eigenvalue weighted by molar-refractivity contribution is 0.460. The molecular weight excluding hydrogens is 284 g/mol. The van der Waals surface area contributed by atoms with Gasteiger partial charge in [0.15, 0.2) is 0 Å². The van der Waals surface area contributed by atoms with Gasteiger partial charge in [0.25, 0.3) is 0 Å². The minimum atomic E-state index is 0.267. The highest BCUT2D eigenvalue weighted by Gasteiger charge is 2.08. The van der Waals surface area contributed by atoms with E-state index in [1.54, 1.807) is 6.20 Å². The predicted molar refractivity (Wildman–Crippen MR) is 87.2 cm³/mol. The van der Waals surface area contributed by atoms with Crippen LogP contribution < -0.4 is 10.1 Å². The number of nitrogens with zero attached hydrogens (tertiary/aromatic N) is 1. The normalized spacial score (nSPS) is 12.2. The topological polar surface area (TPSA) is 34.2 Å². The number of ether oxygens (including phenoxy) is 1. The lowest BCUT2D eigenvalue weighted by atomic mass is 10.1. The lowest BCUT2D eigenvalue weighted by Crippen LogP contribution is -2.19. The summed E-state index contributed by atoms with van der Waals surface area (Å²) in [5.41, 5.74) is 2.25. The Bertz CT molecular complexity index is 601. The molecule has 2 aromatic rings. The van der Waals surface area contributed by atoms with Crippen molar-refractivity contribution in [1.82, 2.24) is 10.3 Å². The average molecular weight is 305 g/mol. The highest BCUT2D eigenvalue weighted by Crippen LogP contribution is 2.30. The number of hydrogen-bond donors (Lipinski definition) is 1. The molecular formula is C17H21ClN2O. The Labute approximate surface area is 131 Å². The van der Waals surface area contributed by atoms with Gasteiger partial charge in [0, 0.05) is 18.3 Å². The maximum atomic E-state index is 6.15. The first-order valence-electron chi connectivity index (χ1n) is 7.23. The van der Waals surface area contributed by atoms with Gasteiger partial charge in [-0.2, -0.15) is 0 Å². The van der Waals surface area contributed by atoms with Crippen molar-refractivity contribution in [2.45, 2.75) is 33.2 Å². The van der Waals surface area contributed by atoms with Gasteiger partial charge in [0.2, 0.25) is 5.88 Å². The molecule has 21 heavy (non-hydrogen) atoms. The molecule has 0 fully saturated rings. The molecule has 1 aromatic carbocycles. The van der Waals surface area contributed by atoms with Crippen molar-refractivity contribution >= 4 is 11.6 Å². The van der Waals surface area contributed by atoms with Gasteiger partial charge in [-0.25, -0.2) is 4.98 Å². The third kappa shape index (κ3) is 4.45. The van der Waals surface area contributed by atoms with Crippen molar-refractivity contribution in [3.8, 4) is 11.6 Å². The van der Waals surface area contributed by atoms with Crippen molar-refractivity contribution in [2.75, 3.05) is 6.54 Å². The van der Waals surface area contributed by atoms with Crippen LogP contribution in [0.25, 0.3) is 0 Å². The van der Waals surface area contributed by atoms with E-state index in [2.05, 4.69) is 24.1 Å². The SMILES string of the molecule is CCCNC(C)c1ccnc(Oc2cc(C)ccc2Cl)c1. The first kappa shape index (κ1) is 15.8. The van der Waals surface area contributed by atoms with Crippen LogP contribution in [-0.4, -0.2) is 11.5 Å². The molecule has 0 aliphatic carbocycles.